The van der Waals surface area contributed by atoms with Crippen LogP contribution in [0.5, 0.6) is 0 Å². The normalized spacial score (nSPS) is 16.8. The summed E-state index contributed by atoms with van der Waals surface area (Å²) < 4.78 is 13.0. The third-order valence-corrected chi connectivity index (χ3v) is 4.80. The fourth-order valence-corrected chi connectivity index (χ4v) is 3.24. The van der Waals surface area contributed by atoms with E-state index in [-0.39, 0.29) is 23.9 Å². The summed E-state index contributed by atoms with van der Waals surface area (Å²) in [5.74, 6) is -0.274. The van der Waals surface area contributed by atoms with Gasteiger partial charge in [0.25, 0.3) is 0 Å². The summed E-state index contributed by atoms with van der Waals surface area (Å²) >= 11 is 0. The van der Waals surface area contributed by atoms with Gasteiger partial charge in [-0.3, -0.25) is 9.88 Å². The van der Waals surface area contributed by atoms with Gasteiger partial charge in [0.1, 0.15) is 5.82 Å². The highest BCUT2D eigenvalue weighted by Gasteiger charge is 2.21. The van der Waals surface area contributed by atoms with E-state index in [0.29, 0.717) is 0 Å². The highest BCUT2D eigenvalue weighted by molar-refractivity contribution is 5.74. The summed E-state index contributed by atoms with van der Waals surface area (Å²) in [4.78, 5) is 18.7. The van der Waals surface area contributed by atoms with Crippen molar-refractivity contribution in [2.45, 2.75) is 38.4 Å². The van der Waals surface area contributed by atoms with Crippen molar-refractivity contribution >= 4 is 6.03 Å². The van der Waals surface area contributed by atoms with Crippen LogP contribution in [0.3, 0.4) is 0 Å². The Labute approximate surface area is 153 Å². The smallest absolute Gasteiger partial charge is 0.315 e. The molecule has 1 atom stereocenters. The van der Waals surface area contributed by atoms with Gasteiger partial charge in [0.15, 0.2) is 0 Å². The summed E-state index contributed by atoms with van der Waals surface area (Å²) in [5, 5.41) is 5.98. The molecule has 5 nitrogen and oxygen atoms in total. The maximum absolute atomic E-state index is 13.0. The van der Waals surface area contributed by atoms with Crippen LogP contribution in [0.1, 0.15) is 36.9 Å². The van der Waals surface area contributed by atoms with Gasteiger partial charge in [0, 0.05) is 38.1 Å². The lowest BCUT2D eigenvalue weighted by atomic mass is 10.0. The first kappa shape index (κ1) is 18.3. The second-order valence-electron chi connectivity index (χ2n) is 6.80. The molecule has 1 fully saturated rings. The number of urea groups is 1. The molecule has 1 saturated heterocycles. The standard InChI is InChI=1S/C20H25FN4O/c1-15(17-2-4-18(21)5-3-17)23-20(26)24-19-8-12-25(13-9-19)14-16-6-10-22-11-7-16/h2-7,10-11,15,19H,8-9,12-14H2,1H3,(H2,23,24,26)/t15-/m0/s1. The SMILES string of the molecule is C[C@H](NC(=O)NC1CCN(Cc2ccncc2)CC1)c1ccc(F)cc1. The van der Waals surface area contributed by atoms with Crippen LogP contribution in [0, 0.1) is 5.82 Å². The Hall–Kier alpha value is -2.47. The molecule has 0 spiro atoms. The van der Waals surface area contributed by atoms with E-state index < -0.39 is 0 Å². The number of hydrogen-bond acceptors (Lipinski definition) is 3. The number of rotatable bonds is 5. The van der Waals surface area contributed by atoms with E-state index >= 15 is 0 Å². The maximum Gasteiger partial charge on any atom is 0.315 e. The van der Waals surface area contributed by atoms with Crippen LogP contribution in [0.2, 0.25) is 0 Å². The Balaban J connectivity index is 1.41. The minimum atomic E-state index is -0.274. The molecule has 0 aliphatic carbocycles. The van der Waals surface area contributed by atoms with Crippen molar-refractivity contribution in [3.63, 3.8) is 0 Å². The largest absolute Gasteiger partial charge is 0.335 e. The van der Waals surface area contributed by atoms with E-state index in [9.17, 15) is 9.18 Å². The maximum atomic E-state index is 13.0. The summed E-state index contributed by atoms with van der Waals surface area (Å²) in [6.07, 6.45) is 5.50. The number of amides is 2. The minimum Gasteiger partial charge on any atom is -0.335 e. The van der Waals surface area contributed by atoms with E-state index in [2.05, 4.69) is 20.5 Å². The summed E-state index contributed by atoms with van der Waals surface area (Å²) in [6, 6.07) is 10.1. The number of aromatic nitrogens is 1. The first-order valence-electron chi connectivity index (χ1n) is 9.04. The van der Waals surface area contributed by atoms with Gasteiger partial charge in [-0.25, -0.2) is 9.18 Å². The van der Waals surface area contributed by atoms with Crippen molar-refractivity contribution in [2.75, 3.05) is 13.1 Å². The van der Waals surface area contributed by atoms with E-state index in [1.54, 1.807) is 12.1 Å². The molecule has 0 unspecified atom stereocenters. The third-order valence-electron chi connectivity index (χ3n) is 4.80. The van der Waals surface area contributed by atoms with Gasteiger partial charge in [-0.2, -0.15) is 0 Å². The van der Waals surface area contributed by atoms with E-state index in [1.807, 2.05) is 31.5 Å². The molecule has 3 rings (SSSR count). The van der Waals surface area contributed by atoms with Crippen LogP contribution >= 0.6 is 0 Å². The fourth-order valence-electron chi connectivity index (χ4n) is 3.24. The van der Waals surface area contributed by atoms with Crippen molar-refractivity contribution in [2.24, 2.45) is 0 Å². The van der Waals surface area contributed by atoms with Gasteiger partial charge in [-0.05, 0) is 55.2 Å². The Morgan fingerprint density at radius 2 is 1.85 bits per heavy atom. The molecule has 0 saturated carbocycles. The average Bonchev–Trinajstić information content (AvgIpc) is 2.64. The van der Waals surface area contributed by atoms with Crippen LogP contribution in [-0.4, -0.2) is 35.0 Å². The monoisotopic (exact) mass is 356 g/mol. The predicted octanol–water partition coefficient (Wildman–Crippen LogP) is 3.25. The van der Waals surface area contributed by atoms with Crippen LogP contribution in [0.4, 0.5) is 9.18 Å². The molecule has 0 radical (unpaired) electrons. The van der Waals surface area contributed by atoms with Gasteiger partial charge < -0.3 is 10.6 Å². The number of benzene rings is 1. The molecule has 1 aliphatic rings. The number of halogens is 1. The molecule has 138 valence electrons. The molecule has 0 bridgehead atoms. The van der Waals surface area contributed by atoms with Crippen LogP contribution in [0.15, 0.2) is 48.8 Å². The first-order valence-corrected chi connectivity index (χ1v) is 9.04. The van der Waals surface area contributed by atoms with Crippen molar-refractivity contribution in [3.05, 3.63) is 65.7 Å². The van der Waals surface area contributed by atoms with Gasteiger partial charge in [0.2, 0.25) is 0 Å². The molecule has 2 N–H and O–H groups in total. The summed E-state index contributed by atoms with van der Waals surface area (Å²) in [7, 11) is 0. The Bertz CT molecular complexity index is 700. The van der Waals surface area contributed by atoms with Crippen LogP contribution < -0.4 is 10.6 Å². The second kappa shape index (κ2) is 8.76. The zero-order valence-electron chi connectivity index (χ0n) is 15.0. The molecule has 2 amide bonds. The molecule has 2 aromatic rings. The highest BCUT2D eigenvalue weighted by Crippen LogP contribution is 2.15. The highest BCUT2D eigenvalue weighted by atomic mass is 19.1. The lowest BCUT2D eigenvalue weighted by Gasteiger charge is -2.32. The number of carbonyl (C=O) groups is 1. The molecule has 1 aliphatic heterocycles. The number of piperidine rings is 1. The number of carbonyl (C=O) groups excluding carboxylic acids is 1. The van der Waals surface area contributed by atoms with Crippen molar-refractivity contribution in [1.82, 2.24) is 20.5 Å². The van der Waals surface area contributed by atoms with Gasteiger partial charge in [-0.1, -0.05) is 12.1 Å². The molecule has 1 aromatic carbocycles. The van der Waals surface area contributed by atoms with Gasteiger partial charge in [-0.15, -0.1) is 0 Å². The molecule has 26 heavy (non-hydrogen) atoms. The summed E-state index contributed by atoms with van der Waals surface area (Å²) in [5.41, 5.74) is 2.14. The lowest BCUT2D eigenvalue weighted by molar-refractivity contribution is 0.186. The zero-order chi connectivity index (χ0) is 18.4. The number of pyridine rings is 1. The zero-order valence-corrected chi connectivity index (χ0v) is 15.0. The van der Waals surface area contributed by atoms with Crippen LogP contribution in [-0.2, 0) is 6.54 Å². The minimum absolute atomic E-state index is 0.164. The summed E-state index contributed by atoms with van der Waals surface area (Å²) in [6.45, 7) is 4.73. The lowest BCUT2D eigenvalue weighted by Crippen LogP contribution is -2.48. The van der Waals surface area contributed by atoms with Gasteiger partial charge >= 0.3 is 6.03 Å². The van der Waals surface area contributed by atoms with E-state index in [1.165, 1.54) is 17.7 Å². The van der Waals surface area contributed by atoms with Gasteiger partial charge in [0.05, 0.1) is 6.04 Å². The molecule has 1 aromatic heterocycles. The molecular formula is C20H25FN4O. The van der Waals surface area contributed by atoms with Crippen molar-refractivity contribution in [3.8, 4) is 0 Å². The Kier molecular flexibility index (Phi) is 6.17. The number of likely N-dealkylation sites (tertiary alicyclic amines) is 1. The number of nitrogens with zero attached hydrogens (tertiary/aromatic N) is 2. The van der Waals surface area contributed by atoms with E-state index in [0.717, 1.165) is 38.0 Å². The number of nitrogens with one attached hydrogen (secondary N) is 2. The van der Waals surface area contributed by atoms with Crippen LogP contribution in [0.25, 0.3) is 0 Å². The fraction of sp³-hybridized carbons (Fsp3) is 0.400. The Morgan fingerprint density at radius 1 is 1.19 bits per heavy atom. The average molecular weight is 356 g/mol. The predicted molar refractivity (Wildman–Crippen MR) is 99.0 cm³/mol. The van der Waals surface area contributed by atoms with E-state index in [4.69, 9.17) is 0 Å². The first-order chi connectivity index (χ1) is 12.6. The number of hydrogen-bond donors (Lipinski definition) is 2. The molecule has 2 heterocycles. The molecular weight excluding hydrogens is 331 g/mol. The Morgan fingerprint density at radius 3 is 2.50 bits per heavy atom. The quantitative estimate of drug-likeness (QED) is 0.865. The second-order valence-corrected chi connectivity index (χ2v) is 6.80. The molecule has 6 heteroatoms. The van der Waals surface area contributed by atoms with Crippen molar-refractivity contribution in [1.29, 1.82) is 0 Å². The topological polar surface area (TPSA) is 57.3 Å². The third kappa shape index (κ3) is 5.26. The van der Waals surface area contributed by atoms with Crippen molar-refractivity contribution < 1.29 is 9.18 Å².